The second-order valence-corrected chi connectivity index (χ2v) is 19.1. The number of hydrogen-bond donors (Lipinski definition) is 2. The Balaban J connectivity index is 2.39. The molecule has 0 aliphatic carbocycles. The van der Waals surface area contributed by atoms with Crippen molar-refractivity contribution < 1.29 is 23.9 Å². The van der Waals surface area contributed by atoms with E-state index in [-0.39, 0.29) is 35.9 Å². The first-order chi connectivity index (χ1) is 18.6. The minimum atomic E-state index is -1.33. The van der Waals surface area contributed by atoms with Crippen LogP contribution < -0.4 is 10.6 Å². The van der Waals surface area contributed by atoms with Crippen LogP contribution in [0.2, 0.25) is 25.7 Å². The molecule has 0 saturated carbocycles. The van der Waals surface area contributed by atoms with E-state index in [1.54, 1.807) is 6.92 Å². The zero-order valence-electron chi connectivity index (χ0n) is 26.2. The van der Waals surface area contributed by atoms with Gasteiger partial charge in [0, 0.05) is 39.7 Å². The molecule has 1 aliphatic heterocycles. The Morgan fingerprint density at radius 2 is 1.77 bits per heavy atom. The molecule has 2 N–H and O–H groups in total. The average molecular weight is 576 g/mol. The molecule has 2 rings (SSSR count). The van der Waals surface area contributed by atoms with Gasteiger partial charge in [0.1, 0.15) is 11.6 Å². The van der Waals surface area contributed by atoms with Crippen LogP contribution in [0.4, 0.5) is 4.79 Å². The smallest absolute Gasteiger partial charge is 0.407 e. The molecule has 9 heteroatoms. The maximum atomic E-state index is 13.6. The summed E-state index contributed by atoms with van der Waals surface area (Å²) < 4.78 is 11.4. The van der Waals surface area contributed by atoms with Gasteiger partial charge < -0.3 is 20.1 Å². The predicted octanol–water partition coefficient (Wildman–Crippen LogP) is 5.39. The predicted molar refractivity (Wildman–Crippen MR) is 163 cm³/mol. The zero-order chi connectivity index (χ0) is 30.1. The third kappa shape index (κ3) is 11.6. The van der Waals surface area contributed by atoms with Crippen LogP contribution >= 0.6 is 0 Å². The maximum absolute atomic E-state index is 13.6. The molecule has 1 aromatic carbocycles. The van der Waals surface area contributed by atoms with Gasteiger partial charge in [-0.2, -0.15) is 0 Å². The van der Waals surface area contributed by atoms with Gasteiger partial charge in [-0.05, 0) is 64.5 Å². The van der Waals surface area contributed by atoms with Gasteiger partial charge in [0.25, 0.3) is 0 Å². The summed E-state index contributed by atoms with van der Waals surface area (Å²) in [5.41, 5.74) is 0.527. The molecule has 1 heterocycles. The van der Waals surface area contributed by atoms with Gasteiger partial charge in [-0.3, -0.25) is 14.5 Å². The summed E-state index contributed by atoms with van der Waals surface area (Å²) >= 11 is 0. The molecule has 0 bridgehead atoms. The van der Waals surface area contributed by atoms with Crippen LogP contribution in [0.1, 0.15) is 66.4 Å². The summed E-state index contributed by atoms with van der Waals surface area (Å²) in [6, 6.07) is 10.2. The van der Waals surface area contributed by atoms with Crippen molar-refractivity contribution in [1.82, 2.24) is 15.5 Å². The van der Waals surface area contributed by atoms with Gasteiger partial charge in [-0.1, -0.05) is 63.3 Å². The van der Waals surface area contributed by atoms with E-state index in [4.69, 9.17) is 9.47 Å². The highest BCUT2D eigenvalue weighted by molar-refractivity contribution is 6.76. The molecule has 2 amide bonds. The molecule has 40 heavy (non-hydrogen) atoms. The molecule has 1 fully saturated rings. The van der Waals surface area contributed by atoms with Crippen molar-refractivity contribution in [3.8, 4) is 0 Å². The van der Waals surface area contributed by atoms with E-state index in [1.807, 2.05) is 45.9 Å². The molecule has 0 aromatic heterocycles. The third-order valence-corrected chi connectivity index (χ3v) is 9.03. The van der Waals surface area contributed by atoms with Crippen molar-refractivity contribution in [2.24, 2.45) is 5.92 Å². The number of alkyl carbamates (subject to hydrolysis) is 1. The lowest BCUT2D eigenvalue weighted by atomic mass is 9.83. The van der Waals surface area contributed by atoms with Gasteiger partial charge in [-0.25, -0.2) is 4.79 Å². The number of esters is 1. The van der Waals surface area contributed by atoms with Crippen LogP contribution in [0.25, 0.3) is 0 Å². The van der Waals surface area contributed by atoms with Crippen LogP contribution in [0.3, 0.4) is 0 Å². The van der Waals surface area contributed by atoms with E-state index in [0.29, 0.717) is 26.0 Å². The van der Waals surface area contributed by atoms with Gasteiger partial charge in [-0.15, -0.1) is 0 Å². The number of carbonyl (C=O) groups is 3. The van der Waals surface area contributed by atoms with Crippen molar-refractivity contribution in [3.05, 3.63) is 35.9 Å². The fourth-order valence-corrected chi connectivity index (χ4v) is 6.21. The molecular formula is C31H53N3O5Si. The standard InChI is InChI=1S/C31H53N3O5Si/c1-10-14-26(22(2)32-23(3)35)27(19-24-15-12-11-13-16-24)34-21-25(20-28(34)29(36)39-31(4,5)6)33-30(37)38-17-18-40(7,8)9/h11-13,15-16,22,25-28H,10,14,17-21H2,1-9H3,(H,32,35)(H,33,37)/t22?,25?,26-,27-,28?/m0/s1. The molecular weight excluding hydrogens is 522 g/mol. The van der Waals surface area contributed by atoms with E-state index in [1.165, 1.54) is 0 Å². The number of nitrogens with one attached hydrogen (secondary N) is 2. The molecule has 3 unspecified atom stereocenters. The van der Waals surface area contributed by atoms with Crippen LogP contribution in [-0.4, -0.2) is 73.9 Å². The second kappa shape index (κ2) is 15.0. The lowest BCUT2D eigenvalue weighted by Gasteiger charge is -2.41. The lowest BCUT2D eigenvalue weighted by Crippen LogP contribution is -2.54. The van der Waals surface area contributed by atoms with Gasteiger partial charge in [0.15, 0.2) is 0 Å². The number of nitrogens with zero attached hydrogens (tertiary/aromatic N) is 1. The molecule has 8 nitrogen and oxygen atoms in total. The average Bonchev–Trinajstić information content (AvgIpc) is 3.23. The Labute approximate surface area is 243 Å². The quantitative estimate of drug-likeness (QED) is 0.242. The maximum Gasteiger partial charge on any atom is 0.407 e. The number of likely N-dealkylation sites (tertiary alicyclic amines) is 1. The number of ether oxygens (including phenoxy) is 2. The summed E-state index contributed by atoms with van der Waals surface area (Å²) in [5, 5.41) is 6.14. The fourth-order valence-electron chi connectivity index (χ4n) is 5.50. The first kappa shape index (κ1) is 33.8. The summed E-state index contributed by atoms with van der Waals surface area (Å²) in [7, 11) is -1.33. The van der Waals surface area contributed by atoms with Crippen molar-refractivity contribution in [3.63, 3.8) is 0 Å². The Morgan fingerprint density at radius 3 is 2.33 bits per heavy atom. The van der Waals surface area contributed by atoms with Crippen molar-refractivity contribution in [1.29, 1.82) is 0 Å². The SMILES string of the molecule is CCC[C@@H](C(C)NC(C)=O)[C@H](Cc1ccccc1)N1CC(NC(=O)OCC[Si](C)(C)C)CC1C(=O)OC(C)(C)C. The van der Waals surface area contributed by atoms with Crippen molar-refractivity contribution >= 4 is 26.0 Å². The van der Waals surface area contributed by atoms with Gasteiger partial charge >= 0.3 is 12.1 Å². The molecule has 5 atom stereocenters. The molecule has 0 radical (unpaired) electrons. The second-order valence-electron chi connectivity index (χ2n) is 13.5. The molecule has 1 saturated heterocycles. The monoisotopic (exact) mass is 575 g/mol. The van der Waals surface area contributed by atoms with Gasteiger partial charge in [0.05, 0.1) is 6.61 Å². The Hall–Kier alpha value is -2.39. The largest absolute Gasteiger partial charge is 0.459 e. The van der Waals surface area contributed by atoms with Crippen molar-refractivity contribution in [2.45, 2.75) is 123 Å². The highest BCUT2D eigenvalue weighted by Gasteiger charge is 2.45. The Morgan fingerprint density at radius 1 is 1.12 bits per heavy atom. The lowest BCUT2D eigenvalue weighted by molar-refractivity contribution is -0.161. The summed E-state index contributed by atoms with van der Waals surface area (Å²) in [6.07, 6.45) is 2.53. The van der Waals surface area contributed by atoms with Gasteiger partial charge in [0.2, 0.25) is 5.91 Å². The van der Waals surface area contributed by atoms with E-state index >= 15 is 0 Å². The fraction of sp³-hybridized carbons (Fsp3) is 0.710. The minimum absolute atomic E-state index is 0.0589. The van der Waals surface area contributed by atoms with Crippen LogP contribution in [0.5, 0.6) is 0 Å². The Kier molecular flexibility index (Phi) is 12.7. The van der Waals surface area contributed by atoms with Crippen LogP contribution in [0, 0.1) is 5.92 Å². The van der Waals surface area contributed by atoms with Crippen LogP contribution in [0.15, 0.2) is 30.3 Å². The zero-order valence-corrected chi connectivity index (χ0v) is 27.2. The molecule has 0 spiro atoms. The van der Waals surface area contributed by atoms with E-state index in [0.717, 1.165) is 24.4 Å². The molecule has 1 aliphatic rings. The van der Waals surface area contributed by atoms with Crippen molar-refractivity contribution in [2.75, 3.05) is 13.2 Å². The third-order valence-electron chi connectivity index (χ3n) is 7.33. The van der Waals surface area contributed by atoms with E-state index in [2.05, 4.69) is 54.2 Å². The van der Waals surface area contributed by atoms with E-state index in [9.17, 15) is 14.4 Å². The van der Waals surface area contributed by atoms with Crippen LogP contribution in [-0.2, 0) is 25.5 Å². The summed E-state index contributed by atoms with van der Waals surface area (Å²) in [6.45, 7) is 19.0. The summed E-state index contributed by atoms with van der Waals surface area (Å²) in [4.78, 5) is 40.6. The first-order valence-corrected chi connectivity index (χ1v) is 18.5. The molecule has 226 valence electrons. The Bertz CT molecular complexity index is 960. The minimum Gasteiger partial charge on any atom is -0.459 e. The number of hydrogen-bond acceptors (Lipinski definition) is 6. The van der Waals surface area contributed by atoms with E-state index < -0.39 is 25.8 Å². The first-order valence-electron chi connectivity index (χ1n) is 14.8. The number of benzene rings is 1. The normalized spacial score (nSPS) is 20.3. The number of rotatable bonds is 13. The summed E-state index contributed by atoms with van der Waals surface area (Å²) in [5.74, 6) is -0.274. The molecule has 1 aromatic rings. The highest BCUT2D eigenvalue weighted by Crippen LogP contribution is 2.32. The number of carbonyl (C=O) groups excluding carboxylic acids is 3. The number of amides is 2. The highest BCUT2D eigenvalue weighted by atomic mass is 28.3. The topological polar surface area (TPSA) is 97.0 Å².